The molecule has 0 aliphatic heterocycles. The van der Waals surface area contributed by atoms with E-state index in [1.54, 1.807) is 32.4 Å². The summed E-state index contributed by atoms with van der Waals surface area (Å²) in [7, 11) is 3.15. The zero-order valence-electron chi connectivity index (χ0n) is 13.0. The Morgan fingerprint density at radius 2 is 1.65 bits per heavy atom. The van der Waals surface area contributed by atoms with Crippen molar-refractivity contribution in [3.05, 3.63) is 64.4 Å². The third-order valence-electron chi connectivity index (χ3n) is 3.59. The van der Waals surface area contributed by atoms with Crippen LogP contribution >= 0.6 is 0 Å². The molecule has 5 nitrogen and oxygen atoms in total. The molecule has 0 aliphatic rings. The molecule has 0 atom stereocenters. The van der Waals surface area contributed by atoms with E-state index in [0.717, 1.165) is 16.5 Å². The minimum atomic E-state index is -0.158. The fraction of sp³-hybridized carbons (Fsp3) is 0.167. The third kappa shape index (κ3) is 2.99. The number of fused-ring (bicyclic) bond motifs is 1. The van der Waals surface area contributed by atoms with E-state index < -0.39 is 0 Å². The first-order chi connectivity index (χ1) is 11.2. The Bertz CT molecular complexity index is 863. The maximum Gasteiger partial charge on any atom is 0.248 e. The number of ether oxygens (including phenoxy) is 3. The summed E-state index contributed by atoms with van der Waals surface area (Å²) >= 11 is 0. The van der Waals surface area contributed by atoms with Crippen molar-refractivity contribution in [2.24, 2.45) is 0 Å². The molecule has 0 fully saturated rings. The van der Waals surface area contributed by atoms with E-state index in [2.05, 4.69) is 4.98 Å². The summed E-state index contributed by atoms with van der Waals surface area (Å²) in [5.41, 5.74) is 1.43. The molecule has 0 spiro atoms. The van der Waals surface area contributed by atoms with Crippen LogP contribution in [-0.2, 0) is 6.61 Å². The predicted octanol–water partition coefficient (Wildman–Crippen LogP) is 3.12. The highest BCUT2D eigenvalue weighted by Gasteiger charge is 2.12. The monoisotopic (exact) mass is 311 g/mol. The van der Waals surface area contributed by atoms with E-state index in [-0.39, 0.29) is 12.2 Å². The van der Waals surface area contributed by atoms with Crippen molar-refractivity contribution in [2.45, 2.75) is 6.61 Å². The largest absolute Gasteiger partial charge is 0.493 e. The molecular formula is C18H17NO4. The van der Waals surface area contributed by atoms with Crippen molar-refractivity contribution in [1.82, 2.24) is 4.98 Å². The molecule has 0 amide bonds. The number of nitrogens with one attached hydrogen (secondary N) is 1. The van der Waals surface area contributed by atoms with Crippen LogP contribution in [0.1, 0.15) is 5.56 Å². The van der Waals surface area contributed by atoms with Crippen molar-refractivity contribution >= 4 is 10.9 Å². The van der Waals surface area contributed by atoms with E-state index in [1.165, 1.54) is 0 Å². The second kappa shape index (κ2) is 6.44. The molecule has 5 heteroatoms. The van der Waals surface area contributed by atoms with Crippen LogP contribution in [-0.4, -0.2) is 19.2 Å². The first-order valence-electron chi connectivity index (χ1n) is 7.17. The van der Waals surface area contributed by atoms with Gasteiger partial charge in [-0.05, 0) is 18.2 Å². The standard InChI is InChI=1S/C18H17NO4/c1-21-15-8-5-9-16(22-2)18(15)23-11-12-10-17(20)19-14-7-4-3-6-13(12)14/h3-10H,11H2,1-2H3,(H,19,20). The quantitative estimate of drug-likeness (QED) is 0.786. The summed E-state index contributed by atoms with van der Waals surface area (Å²) in [6.07, 6.45) is 0. The Morgan fingerprint density at radius 1 is 0.957 bits per heavy atom. The van der Waals surface area contributed by atoms with Gasteiger partial charge in [-0.1, -0.05) is 24.3 Å². The number of aromatic nitrogens is 1. The molecule has 0 bridgehead atoms. The molecule has 2 aromatic carbocycles. The molecule has 3 rings (SSSR count). The first kappa shape index (κ1) is 15.0. The summed E-state index contributed by atoms with van der Waals surface area (Å²) < 4.78 is 16.5. The minimum absolute atomic E-state index is 0.158. The zero-order chi connectivity index (χ0) is 16.2. The van der Waals surface area contributed by atoms with Crippen LogP contribution in [0.15, 0.2) is 53.3 Å². The van der Waals surface area contributed by atoms with Gasteiger partial charge >= 0.3 is 0 Å². The lowest BCUT2D eigenvalue weighted by atomic mass is 10.1. The molecule has 0 radical (unpaired) electrons. The van der Waals surface area contributed by atoms with Gasteiger partial charge in [-0.25, -0.2) is 0 Å². The molecule has 1 aromatic heterocycles. The second-order valence-corrected chi connectivity index (χ2v) is 4.98. The number of hydrogen-bond acceptors (Lipinski definition) is 4. The SMILES string of the molecule is COc1cccc(OC)c1OCc1cc(=O)[nH]c2ccccc12. The molecule has 23 heavy (non-hydrogen) atoms. The highest BCUT2D eigenvalue weighted by atomic mass is 16.5. The fourth-order valence-electron chi connectivity index (χ4n) is 2.51. The number of rotatable bonds is 5. The maximum absolute atomic E-state index is 11.8. The number of pyridine rings is 1. The summed E-state index contributed by atoms with van der Waals surface area (Å²) in [4.78, 5) is 14.6. The van der Waals surface area contributed by atoms with Crippen LogP contribution in [0.4, 0.5) is 0 Å². The highest BCUT2D eigenvalue weighted by Crippen LogP contribution is 2.37. The van der Waals surface area contributed by atoms with E-state index in [1.807, 2.05) is 30.3 Å². The molecule has 1 heterocycles. The Balaban J connectivity index is 1.97. The third-order valence-corrected chi connectivity index (χ3v) is 3.59. The number of benzene rings is 2. The van der Waals surface area contributed by atoms with Gasteiger partial charge in [-0.3, -0.25) is 4.79 Å². The van der Waals surface area contributed by atoms with Gasteiger partial charge in [0, 0.05) is 22.5 Å². The normalized spacial score (nSPS) is 10.5. The summed E-state index contributed by atoms with van der Waals surface area (Å²) in [6.45, 7) is 0.237. The van der Waals surface area contributed by atoms with Crippen molar-refractivity contribution in [2.75, 3.05) is 14.2 Å². The van der Waals surface area contributed by atoms with E-state index in [0.29, 0.717) is 17.2 Å². The van der Waals surface area contributed by atoms with Crippen LogP contribution in [0, 0.1) is 0 Å². The number of hydrogen-bond donors (Lipinski definition) is 1. The van der Waals surface area contributed by atoms with Gasteiger partial charge in [-0.2, -0.15) is 0 Å². The number of para-hydroxylation sites is 2. The fourth-order valence-corrected chi connectivity index (χ4v) is 2.51. The number of methoxy groups -OCH3 is 2. The second-order valence-electron chi connectivity index (χ2n) is 4.98. The van der Waals surface area contributed by atoms with Crippen LogP contribution in [0.2, 0.25) is 0 Å². The lowest BCUT2D eigenvalue weighted by molar-refractivity contribution is 0.266. The Kier molecular flexibility index (Phi) is 4.19. The molecule has 0 saturated carbocycles. The molecule has 118 valence electrons. The molecular weight excluding hydrogens is 294 g/mol. The number of aromatic amines is 1. The van der Waals surface area contributed by atoms with Crippen molar-refractivity contribution < 1.29 is 14.2 Å². The maximum atomic E-state index is 11.8. The summed E-state index contributed by atoms with van der Waals surface area (Å²) in [5.74, 6) is 1.68. The zero-order valence-corrected chi connectivity index (χ0v) is 13.0. The summed E-state index contributed by atoms with van der Waals surface area (Å²) in [6, 6.07) is 14.6. The van der Waals surface area contributed by atoms with Gasteiger partial charge in [0.1, 0.15) is 6.61 Å². The first-order valence-corrected chi connectivity index (χ1v) is 7.17. The highest BCUT2D eigenvalue weighted by molar-refractivity contribution is 5.81. The molecule has 3 aromatic rings. The van der Waals surface area contributed by atoms with Crippen LogP contribution in [0.25, 0.3) is 10.9 Å². The van der Waals surface area contributed by atoms with E-state index in [9.17, 15) is 4.79 Å². The van der Waals surface area contributed by atoms with Crippen molar-refractivity contribution in [3.8, 4) is 17.2 Å². The lowest BCUT2D eigenvalue weighted by Gasteiger charge is -2.14. The van der Waals surface area contributed by atoms with E-state index >= 15 is 0 Å². The Hall–Kier alpha value is -2.95. The lowest BCUT2D eigenvalue weighted by Crippen LogP contribution is -2.09. The van der Waals surface area contributed by atoms with Gasteiger partial charge < -0.3 is 19.2 Å². The molecule has 1 N–H and O–H groups in total. The average Bonchev–Trinajstić information content (AvgIpc) is 2.59. The number of H-pyrrole nitrogens is 1. The van der Waals surface area contributed by atoms with Gasteiger partial charge in [0.05, 0.1) is 14.2 Å². The van der Waals surface area contributed by atoms with E-state index in [4.69, 9.17) is 14.2 Å². The van der Waals surface area contributed by atoms with Crippen molar-refractivity contribution in [3.63, 3.8) is 0 Å². The smallest absolute Gasteiger partial charge is 0.248 e. The average molecular weight is 311 g/mol. The Labute approximate surface area is 133 Å². The molecule has 0 unspecified atom stereocenters. The van der Waals surface area contributed by atoms with Gasteiger partial charge in [0.15, 0.2) is 11.5 Å². The van der Waals surface area contributed by atoms with Gasteiger partial charge in [0.25, 0.3) is 0 Å². The van der Waals surface area contributed by atoms with Gasteiger partial charge in [-0.15, -0.1) is 0 Å². The topological polar surface area (TPSA) is 60.6 Å². The summed E-state index contributed by atoms with van der Waals surface area (Å²) in [5, 5.41) is 0.945. The molecule has 0 saturated heterocycles. The van der Waals surface area contributed by atoms with Crippen LogP contribution in [0.3, 0.4) is 0 Å². The van der Waals surface area contributed by atoms with Crippen molar-refractivity contribution in [1.29, 1.82) is 0 Å². The minimum Gasteiger partial charge on any atom is -0.493 e. The predicted molar refractivity (Wildman–Crippen MR) is 88.4 cm³/mol. The Morgan fingerprint density at radius 3 is 2.35 bits per heavy atom. The van der Waals surface area contributed by atoms with Crippen LogP contribution in [0.5, 0.6) is 17.2 Å². The van der Waals surface area contributed by atoms with Gasteiger partial charge in [0.2, 0.25) is 11.3 Å². The molecule has 0 aliphatic carbocycles. The van der Waals surface area contributed by atoms with Crippen LogP contribution < -0.4 is 19.8 Å².